The third kappa shape index (κ3) is 3.00. The first kappa shape index (κ1) is 12.0. The van der Waals surface area contributed by atoms with Crippen LogP contribution in [0.3, 0.4) is 0 Å². The van der Waals surface area contributed by atoms with Gasteiger partial charge in [0.05, 0.1) is 0 Å². The Labute approximate surface area is 100 Å². The molecule has 0 bridgehead atoms. The van der Waals surface area contributed by atoms with Gasteiger partial charge in [-0.1, -0.05) is 0 Å². The number of carbonyl (C=O) groups is 1. The molecule has 0 radical (unpaired) electrons. The standard InChI is InChI=1S/C10H18N6O/c1-9(2)14-3-5-15(6-4-14)10(17)7-16-8-11-12-13-16/h8-9H,3-7H2,1-2H3. The number of piperazine rings is 1. The molecule has 7 heteroatoms. The van der Waals surface area contributed by atoms with Gasteiger partial charge in [0.15, 0.2) is 0 Å². The first-order valence-corrected chi connectivity index (χ1v) is 5.89. The molecule has 17 heavy (non-hydrogen) atoms. The van der Waals surface area contributed by atoms with E-state index < -0.39 is 0 Å². The maximum absolute atomic E-state index is 11.9. The summed E-state index contributed by atoms with van der Waals surface area (Å²) < 4.78 is 1.46. The van der Waals surface area contributed by atoms with Gasteiger partial charge in [-0.2, -0.15) is 0 Å². The molecular weight excluding hydrogens is 220 g/mol. The van der Waals surface area contributed by atoms with Gasteiger partial charge in [0.25, 0.3) is 0 Å². The number of aromatic nitrogens is 4. The van der Waals surface area contributed by atoms with Crippen molar-refractivity contribution >= 4 is 5.91 Å². The highest BCUT2D eigenvalue weighted by molar-refractivity contribution is 5.75. The van der Waals surface area contributed by atoms with E-state index in [4.69, 9.17) is 0 Å². The SMILES string of the molecule is CC(C)N1CCN(C(=O)Cn2cnnn2)CC1. The smallest absolute Gasteiger partial charge is 0.244 e. The minimum absolute atomic E-state index is 0.0840. The number of tetrazole rings is 1. The molecule has 0 spiro atoms. The molecular formula is C10H18N6O. The van der Waals surface area contributed by atoms with Crippen molar-refractivity contribution in [1.82, 2.24) is 30.0 Å². The van der Waals surface area contributed by atoms with Crippen LogP contribution in [0.15, 0.2) is 6.33 Å². The zero-order chi connectivity index (χ0) is 12.3. The molecule has 1 fully saturated rings. The molecule has 1 amide bonds. The number of amides is 1. The van der Waals surface area contributed by atoms with Crippen molar-refractivity contribution in [3.05, 3.63) is 6.33 Å². The van der Waals surface area contributed by atoms with Crippen LogP contribution in [0.25, 0.3) is 0 Å². The summed E-state index contributed by atoms with van der Waals surface area (Å²) in [4.78, 5) is 16.2. The summed E-state index contributed by atoms with van der Waals surface area (Å²) in [6, 6.07) is 0.548. The molecule has 1 saturated heterocycles. The Balaban J connectivity index is 1.82. The predicted molar refractivity (Wildman–Crippen MR) is 61.1 cm³/mol. The highest BCUT2D eigenvalue weighted by Crippen LogP contribution is 2.06. The quantitative estimate of drug-likeness (QED) is 0.691. The summed E-state index contributed by atoms with van der Waals surface area (Å²) in [5, 5.41) is 10.7. The van der Waals surface area contributed by atoms with Crippen molar-refractivity contribution in [2.24, 2.45) is 0 Å². The number of hydrogen-bond donors (Lipinski definition) is 0. The molecule has 1 aliphatic rings. The van der Waals surface area contributed by atoms with Gasteiger partial charge in [0.2, 0.25) is 5.91 Å². The van der Waals surface area contributed by atoms with E-state index >= 15 is 0 Å². The second kappa shape index (κ2) is 5.22. The van der Waals surface area contributed by atoms with Crippen LogP contribution < -0.4 is 0 Å². The fraction of sp³-hybridized carbons (Fsp3) is 0.800. The number of nitrogens with zero attached hydrogens (tertiary/aromatic N) is 6. The second-order valence-electron chi connectivity index (χ2n) is 4.52. The molecule has 2 heterocycles. The van der Waals surface area contributed by atoms with Crippen molar-refractivity contribution in [3.8, 4) is 0 Å². The van der Waals surface area contributed by atoms with Crippen molar-refractivity contribution in [1.29, 1.82) is 0 Å². The Morgan fingerprint density at radius 3 is 2.53 bits per heavy atom. The molecule has 2 rings (SSSR count). The summed E-state index contributed by atoms with van der Waals surface area (Å²) in [6.07, 6.45) is 1.46. The van der Waals surface area contributed by atoms with Crippen LogP contribution in [0.4, 0.5) is 0 Å². The van der Waals surface area contributed by atoms with E-state index in [1.807, 2.05) is 4.90 Å². The lowest BCUT2D eigenvalue weighted by atomic mass is 10.2. The average Bonchev–Trinajstić information content (AvgIpc) is 2.82. The van der Waals surface area contributed by atoms with E-state index in [0.29, 0.717) is 6.04 Å². The van der Waals surface area contributed by atoms with Gasteiger partial charge in [0, 0.05) is 32.2 Å². The molecule has 7 nitrogen and oxygen atoms in total. The summed E-state index contributed by atoms with van der Waals surface area (Å²) >= 11 is 0. The number of carbonyl (C=O) groups excluding carboxylic acids is 1. The molecule has 0 aromatic carbocycles. The van der Waals surface area contributed by atoms with Crippen LogP contribution in [0, 0.1) is 0 Å². The largest absolute Gasteiger partial charge is 0.339 e. The monoisotopic (exact) mass is 238 g/mol. The maximum Gasteiger partial charge on any atom is 0.244 e. The van der Waals surface area contributed by atoms with Crippen LogP contribution in [0.5, 0.6) is 0 Å². The fourth-order valence-corrected chi connectivity index (χ4v) is 1.98. The van der Waals surface area contributed by atoms with E-state index in [1.165, 1.54) is 11.0 Å². The summed E-state index contributed by atoms with van der Waals surface area (Å²) in [5.74, 6) is 0.0840. The van der Waals surface area contributed by atoms with E-state index in [1.54, 1.807) is 0 Å². The van der Waals surface area contributed by atoms with Crippen molar-refractivity contribution < 1.29 is 4.79 Å². The first-order chi connectivity index (χ1) is 8.16. The zero-order valence-corrected chi connectivity index (χ0v) is 10.3. The van der Waals surface area contributed by atoms with Gasteiger partial charge in [-0.3, -0.25) is 9.69 Å². The van der Waals surface area contributed by atoms with E-state index in [0.717, 1.165) is 26.2 Å². The maximum atomic E-state index is 11.9. The summed E-state index contributed by atoms with van der Waals surface area (Å²) in [7, 11) is 0. The van der Waals surface area contributed by atoms with Crippen molar-refractivity contribution in [3.63, 3.8) is 0 Å². The van der Waals surface area contributed by atoms with Crippen LogP contribution in [-0.2, 0) is 11.3 Å². The van der Waals surface area contributed by atoms with E-state index in [-0.39, 0.29) is 12.5 Å². The number of rotatable bonds is 3. The molecule has 0 N–H and O–H groups in total. The Bertz CT molecular complexity index is 355. The lowest BCUT2D eigenvalue weighted by molar-refractivity contribution is -0.134. The molecule has 0 saturated carbocycles. The highest BCUT2D eigenvalue weighted by Gasteiger charge is 2.22. The van der Waals surface area contributed by atoms with Gasteiger partial charge < -0.3 is 4.90 Å². The highest BCUT2D eigenvalue weighted by atomic mass is 16.2. The minimum atomic E-state index is 0.0840. The normalized spacial score (nSPS) is 17.7. The van der Waals surface area contributed by atoms with Crippen LogP contribution in [0.1, 0.15) is 13.8 Å². The number of hydrogen-bond acceptors (Lipinski definition) is 5. The fourth-order valence-electron chi connectivity index (χ4n) is 1.98. The molecule has 0 aliphatic carbocycles. The molecule has 0 unspecified atom stereocenters. The molecule has 1 aliphatic heterocycles. The third-order valence-corrected chi connectivity index (χ3v) is 3.09. The molecule has 1 aromatic heterocycles. The van der Waals surface area contributed by atoms with Gasteiger partial charge in [-0.15, -0.1) is 5.10 Å². The Hall–Kier alpha value is -1.50. The van der Waals surface area contributed by atoms with Crippen molar-refractivity contribution in [2.45, 2.75) is 26.4 Å². The second-order valence-corrected chi connectivity index (χ2v) is 4.52. The van der Waals surface area contributed by atoms with E-state index in [9.17, 15) is 4.79 Å². The Morgan fingerprint density at radius 2 is 2.00 bits per heavy atom. The van der Waals surface area contributed by atoms with Crippen LogP contribution >= 0.6 is 0 Å². The van der Waals surface area contributed by atoms with Gasteiger partial charge in [-0.05, 0) is 24.3 Å². The van der Waals surface area contributed by atoms with Crippen LogP contribution in [-0.4, -0.2) is 68.1 Å². The minimum Gasteiger partial charge on any atom is -0.339 e. The van der Waals surface area contributed by atoms with Crippen molar-refractivity contribution in [2.75, 3.05) is 26.2 Å². The average molecular weight is 238 g/mol. The summed E-state index contributed by atoms with van der Waals surface area (Å²) in [5.41, 5.74) is 0. The lowest BCUT2D eigenvalue weighted by Gasteiger charge is -2.36. The topological polar surface area (TPSA) is 67.2 Å². The lowest BCUT2D eigenvalue weighted by Crippen LogP contribution is -2.51. The van der Waals surface area contributed by atoms with Gasteiger partial charge in [-0.25, -0.2) is 4.68 Å². The Morgan fingerprint density at radius 1 is 1.29 bits per heavy atom. The third-order valence-electron chi connectivity index (χ3n) is 3.09. The van der Waals surface area contributed by atoms with Gasteiger partial charge >= 0.3 is 0 Å². The predicted octanol–water partition coefficient (Wildman–Crippen LogP) is -0.774. The molecule has 94 valence electrons. The molecule has 0 atom stereocenters. The van der Waals surface area contributed by atoms with Crippen LogP contribution in [0.2, 0.25) is 0 Å². The zero-order valence-electron chi connectivity index (χ0n) is 10.3. The summed E-state index contributed by atoms with van der Waals surface area (Å²) in [6.45, 7) is 8.06. The van der Waals surface area contributed by atoms with Gasteiger partial charge in [0.1, 0.15) is 12.9 Å². The molecule has 1 aromatic rings. The Kier molecular flexibility index (Phi) is 3.68. The first-order valence-electron chi connectivity index (χ1n) is 5.89. The van der Waals surface area contributed by atoms with E-state index in [2.05, 4.69) is 34.3 Å².